The summed E-state index contributed by atoms with van der Waals surface area (Å²) in [6, 6.07) is 0.509. The van der Waals surface area contributed by atoms with Crippen LogP contribution in [0.15, 0.2) is 4.99 Å². The molecule has 1 aliphatic heterocycles. The second-order valence-electron chi connectivity index (χ2n) is 8.05. The van der Waals surface area contributed by atoms with E-state index in [2.05, 4.69) is 32.7 Å². The first-order chi connectivity index (χ1) is 13.7. The largest absolute Gasteiger partial charge is 0.379 e. The number of aryl methyl sites for hydroxylation is 1. The molecular weight excluding hydrogens is 481 g/mol. The number of rotatable bonds is 7. The SMILES string of the molecule is CCC1CCCC(NC(=NCc2nnc(C)n2C)NCCN2CCOCC2)C1.I. The lowest BCUT2D eigenvalue weighted by Crippen LogP contribution is -2.48. The number of nitrogens with one attached hydrogen (secondary N) is 2. The summed E-state index contributed by atoms with van der Waals surface area (Å²) >= 11 is 0. The number of hydrogen-bond donors (Lipinski definition) is 2. The van der Waals surface area contributed by atoms with Crippen molar-refractivity contribution in [3.63, 3.8) is 0 Å². The number of halogens is 1. The molecule has 1 saturated heterocycles. The first kappa shape index (κ1) is 24.3. The lowest BCUT2D eigenvalue weighted by Gasteiger charge is -2.31. The van der Waals surface area contributed by atoms with Crippen molar-refractivity contribution in [3.8, 4) is 0 Å². The normalized spacial score (nSPS) is 23.5. The molecule has 1 aliphatic carbocycles. The zero-order valence-electron chi connectivity index (χ0n) is 18.2. The van der Waals surface area contributed by atoms with Gasteiger partial charge in [0.25, 0.3) is 0 Å². The minimum atomic E-state index is 0. The van der Waals surface area contributed by atoms with Crippen molar-refractivity contribution in [2.24, 2.45) is 18.0 Å². The number of guanidine groups is 1. The van der Waals surface area contributed by atoms with Crippen molar-refractivity contribution in [1.82, 2.24) is 30.3 Å². The molecule has 2 unspecified atom stereocenters. The van der Waals surface area contributed by atoms with E-state index in [1.165, 1.54) is 32.1 Å². The van der Waals surface area contributed by atoms with Crippen LogP contribution in [-0.2, 0) is 18.3 Å². The zero-order chi connectivity index (χ0) is 19.8. The third kappa shape index (κ3) is 7.67. The highest BCUT2D eigenvalue weighted by atomic mass is 127. The van der Waals surface area contributed by atoms with Gasteiger partial charge in [-0.25, -0.2) is 4.99 Å². The fourth-order valence-electron chi connectivity index (χ4n) is 4.03. The second-order valence-corrected chi connectivity index (χ2v) is 8.05. The Balaban J connectivity index is 0.00000300. The highest BCUT2D eigenvalue weighted by Gasteiger charge is 2.21. The summed E-state index contributed by atoms with van der Waals surface area (Å²) in [5.41, 5.74) is 0. The molecule has 1 saturated carbocycles. The number of ether oxygens (including phenoxy) is 1. The molecule has 2 fully saturated rings. The van der Waals surface area contributed by atoms with E-state index in [0.717, 1.165) is 62.9 Å². The van der Waals surface area contributed by atoms with E-state index in [9.17, 15) is 0 Å². The average Bonchev–Trinajstić information content (AvgIpc) is 3.05. The van der Waals surface area contributed by atoms with Crippen LogP contribution in [0.5, 0.6) is 0 Å². The summed E-state index contributed by atoms with van der Waals surface area (Å²) in [7, 11) is 1.99. The van der Waals surface area contributed by atoms with Crippen molar-refractivity contribution >= 4 is 29.9 Å². The maximum absolute atomic E-state index is 5.44. The summed E-state index contributed by atoms with van der Waals surface area (Å²) in [6.07, 6.45) is 6.41. The highest BCUT2D eigenvalue weighted by Crippen LogP contribution is 2.26. The summed E-state index contributed by atoms with van der Waals surface area (Å²) in [5.74, 6) is 3.54. The van der Waals surface area contributed by atoms with E-state index in [0.29, 0.717) is 12.6 Å². The molecule has 8 nitrogen and oxygen atoms in total. The zero-order valence-corrected chi connectivity index (χ0v) is 20.5. The van der Waals surface area contributed by atoms with Gasteiger partial charge in [-0.05, 0) is 25.7 Å². The average molecular weight is 519 g/mol. The minimum Gasteiger partial charge on any atom is -0.379 e. The van der Waals surface area contributed by atoms with Gasteiger partial charge in [-0.1, -0.05) is 26.2 Å². The Morgan fingerprint density at radius 2 is 2.03 bits per heavy atom. The first-order valence-corrected chi connectivity index (χ1v) is 10.9. The lowest BCUT2D eigenvalue weighted by atomic mass is 9.84. The van der Waals surface area contributed by atoms with E-state index < -0.39 is 0 Å². The molecule has 9 heteroatoms. The molecule has 2 heterocycles. The van der Waals surface area contributed by atoms with E-state index in [1.807, 2.05) is 18.5 Å². The van der Waals surface area contributed by atoms with Gasteiger partial charge < -0.3 is 19.9 Å². The standard InChI is InChI=1S/C20H37N7O.HI/c1-4-17-6-5-7-18(14-17)23-20(21-8-9-27-10-12-28-13-11-27)22-15-19-25-24-16(2)26(19)3;/h17-18H,4-15H2,1-3H3,(H2,21,22,23);1H. The van der Waals surface area contributed by atoms with Crippen LogP contribution in [0.3, 0.4) is 0 Å². The quantitative estimate of drug-likeness (QED) is 0.326. The number of aromatic nitrogens is 3. The van der Waals surface area contributed by atoms with Gasteiger partial charge in [0.1, 0.15) is 12.4 Å². The number of nitrogens with zero attached hydrogens (tertiary/aromatic N) is 5. The molecule has 1 aromatic rings. The van der Waals surface area contributed by atoms with Crippen LogP contribution in [0.1, 0.15) is 50.7 Å². The number of aliphatic imine (C=N–C) groups is 1. The number of hydrogen-bond acceptors (Lipinski definition) is 5. The maximum atomic E-state index is 5.44. The predicted molar refractivity (Wildman–Crippen MR) is 127 cm³/mol. The summed E-state index contributed by atoms with van der Waals surface area (Å²) in [6.45, 7) is 10.4. The van der Waals surface area contributed by atoms with E-state index in [4.69, 9.17) is 9.73 Å². The second kappa shape index (κ2) is 12.7. The smallest absolute Gasteiger partial charge is 0.191 e. The Kier molecular flexibility index (Phi) is 10.6. The third-order valence-electron chi connectivity index (χ3n) is 6.09. The molecule has 29 heavy (non-hydrogen) atoms. The molecule has 2 N–H and O–H groups in total. The summed E-state index contributed by atoms with van der Waals surface area (Å²) in [4.78, 5) is 7.26. The van der Waals surface area contributed by atoms with Crippen molar-refractivity contribution < 1.29 is 4.74 Å². The minimum absolute atomic E-state index is 0. The van der Waals surface area contributed by atoms with E-state index in [-0.39, 0.29) is 24.0 Å². The third-order valence-corrected chi connectivity index (χ3v) is 6.09. The van der Waals surface area contributed by atoms with Gasteiger partial charge in [0.05, 0.1) is 13.2 Å². The monoisotopic (exact) mass is 519 g/mol. The molecule has 0 amide bonds. The van der Waals surface area contributed by atoms with Crippen molar-refractivity contribution in [3.05, 3.63) is 11.6 Å². The Morgan fingerprint density at radius 3 is 2.72 bits per heavy atom. The van der Waals surface area contributed by atoms with Crippen LogP contribution in [0.25, 0.3) is 0 Å². The van der Waals surface area contributed by atoms with Crippen LogP contribution in [0.2, 0.25) is 0 Å². The molecule has 3 rings (SSSR count). The molecular formula is C20H38IN7O. The first-order valence-electron chi connectivity index (χ1n) is 10.9. The van der Waals surface area contributed by atoms with Gasteiger partial charge in [0.15, 0.2) is 11.8 Å². The fourth-order valence-corrected chi connectivity index (χ4v) is 4.03. The van der Waals surface area contributed by atoms with Crippen LogP contribution in [-0.4, -0.2) is 71.1 Å². The van der Waals surface area contributed by atoms with Crippen LogP contribution in [0.4, 0.5) is 0 Å². The van der Waals surface area contributed by atoms with Crippen molar-refractivity contribution in [2.75, 3.05) is 39.4 Å². The van der Waals surface area contributed by atoms with E-state index >= 15 is 0 Å². The van der Waals surface area contributed by atoms with Gasteiger partial charge in [0, 0.05) is 39.3 Å². The van der Waals surface area contributed by atoms with Gasteiger partial charge >= 0.3 is 0 Å². The fraction of sp³-hybridized carbons (Fsp3) is 0.850. The molecule has 0 spiro atoms. The number of morpholine rings is 1. The maximum Gasteiger partial charge on any atom is 0.191 e. The summed E-state index contributed by atoms with van der Waals surface area (Å²) < 4.78 is 7.44. The molecule has 0 radical (unpaired) electrons. The Bertz CT molecular complexity index is 630. The van der Waals surface area contributed by atoms with Gasteiger partial charge in [0.2, 0.25) is 0 Å². The molecule has 2 aliphatic rings. The van der Waals surface area contributed by atoms with Crippen LogP contribution >= 0.6 is 24.0 Å². The van der Waals surface area contributed by atoms with Gasteiger partial charge in [-0.2, -0.15) is 0 Å². The Labute approximate surface area is 192 Å². The predicted octanol–water partition coefficient (Wildman–Crippen LogP) is 2.08. The topological polar surface area (TPSA) is 79.6 Å². The van der Waals surface area contributed by atoms with E-state index in [1.54, 1.807) is 0 Å². The summed E-state index contributed by atoms with van der Waals surface area (Å²) in [5, 5.41) is 15.6. The molecule has 0 aromatic carbocycles. The molecule has 166 valence electrons. The molecule has 1 aromatic heterocycles. The molecule has 0 bridgehead atoms. The Hall–Kier alpha value is -0.940. The van der Waals surface area contributed by atoms with Crippen LogP contribution < -0.4 is 10.6 Å². The van der Waals surface area contributed by atoms with Crippen molar-refractivity contribution in [2.45, 2.75) is 58.5 Å². The van der Waals surface area contributed by atoms with Crippen LogP contribution in [0, 0.1) is 12.8 Å². The van der Waals surface area contributed by atoms with Crippen molar-refractivity contribution in [1.29, 1.82) is 0 Å². The Morgan fingerprint density at radius 1 is 1.24 bits per heavy atom. The van der Waals surface area contributed by atoms with Gasteiger partial charge in [-0.15, -0.1) is 34.2 Å². The van der Waals surface area contributed by atoms with Gasteiger partial charge in [-0.3, -0.25) is 4.90 Å². The highest BCUT2D eigenvalue weighted by molar-refractivity contribution is 14.0. The molecule has 2 atom stereocenters. The lowest BCUT2D eigenvalue weighted by molar-refractivity contribution is 0.0389.